The Morgan fingerprint density at radius 1 is 1.27 bits per heavy atom. The zero-order valence-electron chi connectivity index (χ0n) is 14.6. The number of carboxylic acids is 1. The third kappa shape index (κ3) is 3.30. The second-order valence-electron chi connectivity index (χ2n) is 6.47. The van der Waals surface area contributed by atoms with Crippen molar-refractivity contribution in [3.05, 3.63) is 39.9 Å². The summed E-state index contributed by atoms with van der Waals surface area (Å²) in [4.78, 5) is 25.6. The molecular weight excluding hydrogens is 341 g/mol. The minimum Gasteiger partial charge on any atom is -0.545 e. The first-order valence-electron chi connectivity index (χ1n) is 8.67. The lowest BCUT2D eigenvalue weighted by Crippen LogP contribution is -2.89. The molecule has 0 bridgehead atoms. The first-order chi connectivity index (χ1) is 12.6. The maximum atomic E-state index is 14.6. The lowest BCUT2D eigenvalue weighted by molar-refractivity contribution is -0.655. The summed E-state index contributed by atoms with van der Waals surface area (Å²) in [5, 5.41) is 20.5. The predicted molar refractivity (Wildman–Crippen MR) is 92.8 cm³/mol. The Labute approximate surface area is 149 Å². The van der Waals surface area contributed by atoms with Crippen molar-refractivity contribution >= 4 is 22.6 Å². The minimum atomic E-state index is -1.52. The van der Waals surface area contributed by atoms with Crippen molar-refractivity contribution in [1.29, 1.82) is 0 Å². The fourth-order valence-corrected chi connectivity index (χ4v) is 3.39. The summed E-state index contributed by atoms with van der Waals surface area (Å²) in [7, 11) is 1.00. The smallest absolute Gasteiger partial charge is 0.198 e. The van der Waals surface area contributed by atoms with E-state index >= 15 is 0 Å². The molecule has 0 amide bonds. The first kappa shape index (κ1) is 18.3. The monoisotopic (exact) mass is 363 g/mol. The van der Waals surface area contributed by atoms with Gasteiger partial charge in [-0.3, -0.25) is 4.79 Å². The van der Waals surface area contributed by atoms with E-state index in [1.807, 2.05) is 4.90 Å². The van der Waals surface area contributed by atoms with Crippen LogP contribution in [0.5, 0.6) is 0 Å². The number of rotatable bonds is 3. The largest absolute Gasteiger partial charge is 0.545 e. The van der Waals surface area contributed by atoms with Gasteiger partial charge in [0.05, 0.1) is 48.9 Å². The molecule has 0 unspecified atom stereocenters. The van der Waals surface area contributed by atoms with Gasteiger partial charge >= 0.3 is 0 Å². The third-order valence-corrected chi connectivity index (χ3v) is 4.81. The normalized spacial score (nSPS) is 17.0. The first-order valence-corrected chi connectivity index (χ1v) is 8.67. The van der Waals surface area contributed by atoms with Gasteiger partial charge in [0.2, 0.25) is 0 Å². The Morgan fingerprint density at radius 2 is 1.92 bits per heavy atom. The van der Waals surface area contributed by atoms with Gasteiger partial charge < -0.3 is 29.8 Å². The number of piperazine rings is 1. The van der Waals surface area contributed by atoms with Gasteiger partial charge in [0, 0.05) is 24.7 Å². The quantitative estimate of drug-likeness (QED) is 0.716. The molecule has 0 spiro atoms. The molecular formula is C18H22FN3O4. The third-order valence-electron chi connectivity index (χ3n) is 4.81. The molecule has 8 heteroatoms. The highest BCUT2D eigenvalue weighted by Crippen LogP contribution is 2.38. The molecule has 2 aliphatic rings. The van der Waals surface area contributed by atoms with E-state index in [1.54, 1.807) is 10.6 Å². The predicted octanol–water partition coefficient (Wildman–Crippen LogP) is -1.17. The fraction of sp³-hybridized carbons (Fsp3) is 0.444. The molecule has 4 rings (SSSR count). The maximum absolute atomic E-state index is 14.6. The zero-order valence-corrected chi connectivity index (χ0v) is 14.6. The molecule has 1 saturated heterocycles. The van der Waals surface area contributed by atoms with Crippen LogP contribution >= 0.6 is 0 Å². The van der Waals surface area contributed by atoms with Crippen LogP contribution in [0.3, 0.4) is 0 Å². The number of quaternary nitrogens is 1. The van der Waals surface area contributed by atoms with Crippen molar-refractivity contribution < 1.29 is 24.7 Å². The van der Waals surface area contributed by atoms with E-state index in [0.717, 1.165) is 46.1 Å². The van der Waals surface area contributed by atoms with Gasteiger partial charge in [0.25, 0.3) is 0 Å². The number of anilines is 1. The van der Waals surface area contributed by atoms with Crippen molar-refractivity contribution in [1.82, 2.24) is 4.57 Å². The van der Waals surface area contributed by atoms with E-state index < -0.39 is 22.8 Å². The Balaban J connectivity index is 0.000000948. The number of pyridine rings is 1. The van der Waals surface area contributed by atoms with Crippen LogP contribution in [0.1, 0.15) is 29.2 Å². The van der Waals surface area contributed by atoms with Crippen molar-refractivity contribution in [2.24, 2.45) is 0 Å². The molecule has 1 aromatic heterocycles. The fourth-order valence-electron chi connectivity index (χ4n) is 3.39. The van der Waals surface area contributed by atoms with Gasteiger partial charge in [-0.1, -0.05) is 0 Å². The number of fused-ring (bicyclic) bond motifs is 1. The highest BCUT2D eigenvalue weighted by Gasteiger charge is 2.27. The topological polar surface area (TPSA) is 102 Å². The van der Waals surface area contributed by atoms with Gasteiger partial charge in [-0.2, -0.15) is 0 Å². The van der Waals surface area contributed by atoms with E-state index in [0.29, 0.717) is 11.2 Å². The highest BCUT2D eigenvalue weighted by atomic mass is 19.1. The maximum Gasteiger partial charge on any atom is 0.198 e. The molecule has 0 atom stereocenters. The number of aromatic carboxylic acids is 1. The van der Waals surface area contributed by atoms with Crippen LogP contribution in [-0.2, 0) is 0 Å². The van der Waals surface area contributed by atoms with Crippen LogP contribution in [-0.4, -0.2) is 48.9 Å². The molecule has 1 saturated carbocycles. The summed E-state index contributed by atoms with van der Waals surface area (Å²) in [5.41, 5.74) is -0.0162. The van der Waals surface area contributed by atoms with Crippen LogP contribution in [0.25, 0.3) is 10.9 Å². The Bertz CT molecular complexity index is 886. The number of nitrogens with zero attached hydrogens (tertiary/aromatic N) is 2. The second-order valence-corrected chi connectivity index (χ2v) is 6.47. The average Bonchev–Trinajstić information content (AvgIpc) is 3.49. The summed E-state index contributed by atoms with van der Waals surface area (Å²) >= 11 is 0. The number of halogens is 1. The number of carbonyl (C=O) groups is 1. The van der Waals surface area contributed by atoms with Crippen molar-refractivity contribution in [2.75, 3.05) is 38.2 Å². The van der Waals surface area contributed by atoms with Crippen LogP contribution in [0.4, 0.5) is 10.1 Å². The molecule has 26 heavy (non-hydrogen) atoms. The molecule has 1 aromatic carbocycles. The summed E-state index contributed by atoms with van der Waals surface area (Å²) in [5.74, 6) is -2.01. The summed E-state index contributed by atoms with van der Waals surface area (Å²) < 4.78 is 16.4. The van der Waals surface area contributed by atoms with Crippen molar-refractivity contribution in [3.8, 4) is 0 Å². The Morgan fingerprint density at radius 3 is 2.50 bits per heavy atom. The molecule has 2 fully saturated rings. The van der Waals surface area contributed by atoms with Crippen LogP contribution in [0.15, 0.2) is 23.1 Å². The summed E-state index contributed by atoms with van der Waals surface area (Å²) in [6.45, 7) is 3.29. The van der Waals surface area contributed by atoms with Crippen molar-refractivity contribution in [3.63, 3.8) is 0 Å². The number of aromatic nitrogens is 1. The number of carboxylic acid groups (broad SMARTS) is 1. The average molecular weight is 363 g/mol. The zero-order chi connectivity index (χ0) is 18.8. The Hall–Kier alpha value is -2.45. The van der Waals surface area contributed by atoms with E-state index in [4.69, 9.17) is 5.11 Å². The molecule has 1 aliphatic carbocycles. The molecule has 0 radical (unpaired) electrons. The standard InChI is InChI=1S/C17H18FN3O3.CH4O/c18-13-7-11-14(8-15(13)20-5-3-19-4-6-20)21(10-1-2-10)9-12(16(11)22)17(23)24;1-2/h7-10,19H,1-6H2,(H,23,24);2H,1H3. The lowest BCUT2D eigenvalue weighted by Gasteiger charge is -2.28. The van der Waals surface area contributed by atoms with Crippen LogP contribution in [0, 0.1) is 5.82 Å². The second kappa shape index (κ2) is 7.43. The van der Waals surface area contributed by atoms with Gasteiger partial charge in [0.15, 0.2) is 5.43 Å². The summed E-state index contributed by atoms with van der Waals surface area (Å²) in [6.07, 6.45) is 3.20. The number of aliphatic hydroxyl groups is 1. The van der Waals surface area contributed by atoms with Gasteiger partial charge in [-0.25, -0.2) is 4.39 Å². The molecule has 7 nitrogen and oxygen atoms in total. The van der Waals surface area contributed by atoms with Crippen LogP contribution in [0.2, 0.25) is 0 Å². The summed E-state index contributed by atoms with van der Waals surface area (Å²) in [6, 6.07) is 3.03. The van der Waals surface area contributed by atoms with Gasteiger partial charge in [-0.05, 0) is 25.0 Å². The van der Waals surface area contributed by atoms with E-state index in [9.17, 15) is 19.1 Å². The number of nitrogens with two attached hydrogens (primary N) is 1. The lowest BCUT2D eigenvalue weighted by atomic mass is 10.1. The SMILES string of the molecule is CO.O=C([O-])c1cn(C2CC2)c2cc(N3CC[NH2+]CC3)c(F)cc2c1=O. The molecule has 3 N–H and O–H groups in total. The van der Waals surface area contributed by atoms with Gasteiger partial charge in [0.1, 0.15) is 5.82 Å². The van der Waals surface area contributed by atoms with E-state index in [2.05, 4.69) is 5.32 Å². The number of hydrogen-bond donors (Lipinski definition) is 2. The minimum absolute atomic E-state index is 0.105. The Kier molecular flexibility index (Phi) is 5.24. The van der Waals surface area contributed by atoms with E-state index in [-0.39, 0.29) is 11.4 Å². The molecule has 2 heterocycles. The molecule has 140 valence electrons. The number of aliphatic hydroxyl groups excluding tert-OH is 1. The van der Waals surface area contributed by atoms with E-state index in [1.165, 1.54) is 12.3 Å². The number of carbonyl (C=O) groups excluding carboxylic acids is 1. The number of hydrogen-bond acceptors (Lipinski definition) is 5. The van der Waals surface area contributed by atoms with Crippen LogP contribution < -0.4 is 20.8 Å². The molecule has 2 aromatic rings. The number of benzene rings is 1. The van der Waals surface area contributed by atoms with Gasteiger partial charge in [-0.15, -0.1) is 0 Å². The van der Waals surface area contributed by atoms with Crippen molar-refractivity contribution in [2.45, 2.75) is 18.9 Å². The highest BCUT2D eigenvalue weighted by molar-refractivity contribution is 5.92. The molecule has 1 aliphatic heterocycles.